The van der Waals surface area contributed by atoms with Crippen molar-refractivity contribution < 1.29 is 17.6 Å². The Bertz CT molecular complexity index is 918. The van der Waals surface area contributed by atoms with Crippen molar-refractivity contribution in [2.24, 2.45) is 0 Å². The number of benzene rings is 1. The highest BCUT2D eigenvalue weighted by molar-refractivity contribution is 7.89. The lowest BCUT2D eigenvalue weighted by Gasteiger charge is -2.07. The Morgan fingerprint density at radius 2 is 2.00 bits per heavy atom. The summed E-state index contributed by atoms with van der Waals surface area (Å²) in [5, 5.41) is 2.31. The Morgan fingerprint density at radius 1 is 1.31 bits per heavy atom. The van der Waals surface area contributed by atoms with Crippen molar-refractivity contribution in [3.8, 4) is 0 Å². The Kier molecular flexibility index (Phi) is 6.78. The quantitative estimate of drug-likeness (QED) is 0.695. The molecule has 0 saturated heterocycles. The highest BCUT2D eigenvalue weighted by atomic mass is 35.5. The van der Waals surface area contributed by atoms with E-state index in [1.165, 1.54) is 12.4 Å². The van der Waals surface area contributed by atoms with E-state index < -0.39 is 21.7 Å². The van der Waals surface area contributed by atoms with Gasteiger partial charge >= 0.3 is 0 Å². The van der Waals surface area contributed by atoms with Gasteiger partial charge in [-0.1, -0.05) is 23.8 Å². The summed E-state index contributed by atoms with van der Waals surface area (Å²) in [5.74, 6) is -1.16. The van der Waals surface area contributed by atoms with Crippen molar-refractivity contribution in [3.63, 3.8) is 0 Å². The summed E-state index contributed by atoms with van der Waals surface area (Å²) >= 11 is 5.60. The minimum absolute atomic E-state index is 0.0218. The molecular formula is C16H16ClFN4O3S. The SMILES string of the molecule is CC=CCNC(=O)c1ncc(CNS(=O)(=O)c2ccc(F)c(Cl)c2)cn1. The molecule has 0 saturated carbocycles. The predicted molar refractivity (Wildman–Crippen MR) is 94.6 cm³/mol. The Morgan fingerprint density at radius 3 is 2.62 bits per heavy atom. The standard InChI is InChI=1S/C16H16ClFN4O3S/c1-2-3-6-19-16(23)15-20-8-11(9-21-15)10-22-26(24,25)12-4-5-14(18)13(17)7-12/h2-5,7-9,22H,6,10H2,1H3,(H,19,23). The Hall–Kier alpha value is -2.36. The number of hydrogen-bond donors (Lipinski definition) is 2. The van der Waals surface area contributed by atoms with Gasteiger partial charge in [-0.2, -0.15) is 0 Å². The smallest absolute Gasteiger partial charge is 0.289 e. The molecule has 0 atom stereocenters. The van der Waals surface area contributed by atoms with Crippen LogP contribution in [0.1, 0.15) is 23.1 Å². The van der Waals surface area contributed by atoms with Gasteiger partial charge in [-0.3, -0.25) is 4.79 Å². The number of allylic oxidation sites excluding steroid dienone is 1. The number of carbonyl (C=O) groups excluding carboxylic acids is 1. The molecule has 1 amide bonds. The van der Waals surface area contributed by atoms with Crippen LogP contribution in [0.15, 0.2) is 47.6 Å². The normalized spacial score (nSPS) is 11.7. The number of halogens is 2. The van der Waals surface area contributed by atoms with Gasteiger partial charge < -0.3 is 5.32 Å². The van der Waals surface area contributed by atoms with E-state index in [0.717, 1.165) is 18.2 Å². The van der Waals surface area contributed by atoms with Crippen LogP contribution < -0.4 is 10.0 Å². The molecule has 7 nitrogen and oxygen atoms in total. The van der Waals surface area contributed by atoms with Crippen LogP contribution in [-0.2, 0) is 16.6 Å². The fraction of sp³-hybridized carbons (Fsp3) is 0.188. The molecule has 0 spiro atoms. The van der Waals surface area contributed by atoms with Gasteiger partial charge in [0.1, 0.15) is 5.82 Å². The lowest BCUT2D eigenvalue weighted by Crippen LogP contribution is -2.26. The van der Waals surface area contributed by atoms with Gasteiger partial charge in [0, 0.05) is 31.0 Å². The number of nitrogens with zero attached hydrogens (tertiary/aromatic N) is 2. The second-order valence-electron chi connectivity index (χ2n) is 5.09. The van der Waals surface area contributed by atoms with Crippen LogP contribution in [0.2, 0.25) is 5.02 Å². The van der Waals surface area contributed by atoms with Crippen LogP contribution >= 0.6 is 11.6 Å². The first-order valence-corrected chi connectivity index (χ1v) is 9.34. The zero-order valence-corrected chi connectivity index (χ0v) is 15.3. The summed E-state index contributed by atoms with van der Waals surface area (Å²) in [6.45, 7) is 2.09. The summed E-state index contributed by atoms with van der Waals surface area (Å²) in [6.07, 6.45) is 6.25. The van der Waals surface area contributed by atoms with E-state index in [1.54, 1.807) is 12.2 Å². The van der Waals surface area contributed by atoms with Gasteiger partial charge in [0.05, 0.1) is 9.92 Å². The van der Waals surface area contributed by atoms with Crippen LogP contribution in [0.5, 0.6) is 0 Å². The second-order valence-corrected chi connectivity index (χ2v) is 7.27. The number of hydrogen-bond acceptors (Lipinski definition) is 5. The van der Waals surface area contributed by atoms with Crippen molar-refractivity contribution in [3.05, 3.63) is 65.0 Å². The average molecular weight is 399 g/mol. The lowest BCUT2D eigenvalue weighted by molar-refractivity contribution is 0.0947. The van der Waals surface area contributed by atoms with E-state index in [0.29, 0.717) is 12.1 Å². The number of rotatable bonds is 7. The first-order chi connectivity index (χ1) is 12.3. The summed E-state index contributed by atoms with van der Waals surface area (Å²) < 4.78 is 39.8. The highest BCUT2D eigenvalue weighted by Crippen LogP contribution is 2.19. The predicted octanol–water partition coefficient (Wildman–Crippen LogP) is 2.05. The van der Waals surface area contributed by atoms with E-state index in [2.05, 4.69) is 20.0 Å². The molecule has 0 aliphatic carbocycles. The molecule has 0 unspecified atom stereocenters. The molecule has 1 aromatic heterocycles. The molecular weight excluding hydrogens is 383 g/mol. The van der Waals surface area contributed by atoms with Crippen molar-refractivity contribution in [2.75, 3.05) is 6.54 Å². The van der Waals surface area contributed by atoms with E-state index in [4.69, 9.17) is 11.6 Å². The van der Waals surface area contributed by atoms with E-state index in [-0.39, 0.29) is 22.3 Å². The summed E-state index contributed by atoms with van der Waals surface area (Å²) in [5.41, 5.74) is 0.451. The molecule has 0 bridgehead atoms. The minimum Gasteiger partial charge on any atom is -0.346 e. The van der Waals surface area contributed by atoms with Gasteiger partial charge in [0.25, 0.3) is 5.91 Å². The highest BCUT2D eigenvalue weighted by Gasteiger charge is 2.16. The third kappa shape index (κ3) is 5.32. The number of carbonyl (C=O) groups is 1. The summed E-state index contributed by atoms with van der Waals surface area (Å²) in [4.78, 5) is 19.4. The van der Waals surface area contributed by atoms with Crippen LogP contribution in [0.4, 0.5) is 4.39 Å². The average Bonchev–Trinajstić information content (AvgIpc) is 2.63. The van der Waals surface area contributed by atoms with Crippen molar-refractivity contribution in [1.29, 1.82) is 0 Å². The van der Waals surface area contributed by atoms with Gasteiger partial charge in [-0.25, -0.2) is 27.5 Å². The molecule has 26 heavy (non-hydrogen) atoms. The maximum atomic E-state index is 13.1. The largest absolute Gasteiger partial charge is 0.346 e. The number of nitrogens with one attached hydrogen (secondary N) is 2. The van der Waals surface area contributed by atoms with Gasteiger partial charge in [0.2, 0.25) is 15.8 Å². The van der Waals surface area contributed by atoms with Crippen LogP contribution in [0.25, 0.3) is 0 Å². The van der Waals surface area contributed by atoms with Crippen molar-refractivity contribution in [1.82, 2.24) is 20.0 Å². The second kappa shape index (κ2) is 8.84. The number of sulfonamides is 1. The molecule has 10 heteroatoms. The Balaban J connectivity index is 2.00. The van der Waals surface area contributed by atoms with E-state index >= 15 is 0 Å². The molecule has 0 fully saturated rings. The minimum atomic E-state index is -3.88. The number of aromatic nitrogens is 2. The summed E-state index contributed by atoms with van der Waals surface area (Å²) in [7, 11) is -3.88. The fourth-order valence-electron chi connectivity index (χ4n) is 1.82. The van der Waals surface area contributed by atoms with Gasteiger partial charge in [0.15, 0.2) is 0 Å². The van der Waals surface area contributed by atoms with Crippen LogP contribution in [0.3, 0.4) is 0 Å². The maximum Gasteiger partial charge on any atom is 0.289 e. The van der Waals surface area contributed by atoms with Crippen molar-refractivity contribution in [2.45, 2.75) is 18.4 Å². The zero-order valence-electron chi connectivity index (χ0n) is 13.7. The van der Waals surface area contributed by atoms with Crippen LogP contribution in [0, 0.1) is 5.82 Å². The molecule has 2 N–H and O–H groups in total. The molecule has 0 aliphatic heterocycles. The summed E-state index contributed by atoms with van der Waals surface area (Å²) in [6, 6.07) is 3.10. The zero-order chi connectivity index (χ0) is 19.2. The molecule has 0 aliphatic rings. The number of amides is 1. The van der Waals surface area contributed by atoms with Gasteiger partial charge in [-0.05, 0) is 25.1 Å². The molecule has 2 aromatic rings. The van der Waals surface area contributed by atoms with E-state index in [9.17, 15) is 17.6 Å². The molecule has 0 radical (unpaired) electrons. The third-order valence-corrected chi connectivity index (χ3v) is 4.88. The fourth-order valence-corrected chi connectivity index (χ4v) is 3.11. The molecule has 2 rings (SSSR count). The maximum absolute atomic E-state index is 13.1. The van der Waals surface area contributed by atoms with Crippen molar-refractivity contribution >= 4 is 27.5 Å². The van der Waals surface area contributed by atoms with Gasteiger partial charge in [-0.15, -0.1) is 0 Å². The van der Waals surface area contributed by atoms with Crippen LogP contribution in [-0.4, -0.2) is 30.8 Å². The first kappa shape index (κ1) is 20.0. The monoisotopic (exact) mass is 398 g/mol. The van der Waals surface area contributed by atoms with E-state index in [1.807, 2.05) is 6.92 Å². The lowest BCUT2D eigenvalue weighted by atomic mass is 10.3. The molecule has 138 valence electrons. The Labute approximate surface area is 155 Å². The molecule has 1 heterocycles. The first-order valence-electron chi connectivity index (χ1n) is 7.48. The molecule has 1 aromatic carbocycles. The third-order valence-electron chi connectivity index (χ3n) is 3.19. The topological polar surface area (TPSA) is 101 Å².